The van der Waals surface area contributed by atoms with Gasteiger partial charge in [0.1, 0.15) is 0 Å². The molecule has 0 saturated heterocycles. The first-order valence-corrected chi connectivity index (χ1v) is 6.05. The average molecular weight is 227 g/mol. The lowest BCUT2D eigenvalue weighted by Gasteiger charge is -2.14. The van der Waals surface area contributed by atoms with Crippen LogP contribution in [0, 0.1) is 5.41 Å². The molecule has 1 aliphatic carbocycles. The summed E-state index contributed by atoms with van der Waals surface area (Å²) in [7, 11) is 0. The quantitative estimate of drug-likeness (QED) is 0.792. The van der Waals surface area contributed by atoms with Gasteiger partial charge < -0.3 is 11.1 Å². The second kappa shape index (κ2) is 3.62. The molecule has 3 rings (SSSR count). The van der Waals surface area contributed by atoms with Crippen molar-refractivity contribution in [2.45, 2.75) is 19.8 Å². The van der Waals surface area contributed by atoms with E-state index in [1.54, 1.807) is 6.20 Å². The van der Waals surface area contributed by atoms with E-state index in [2.05, 4.69) is 23.3 Å². The highest BCUT2D eigenvalue weighted by Crippen LogP contribution is 2.45. The van der Waals surface area contributed by atoms with Crippen LogP contribution in [0.4, 0.5) is 11.4 Å². The average Bonchev–Trinajstić information content (AvgIpc) is 3.08. The lowest BCUT2D eigenvalue weighted by molar-refractivity contribution is 0.611. The number of nitrogen functional groups attached to an aromatic ring is 1. The zero-order chi connectivity index (χ0) is 11.9. The van der Waals surface area contributed by atoms with Crippen LogP contribution in [0.2, 0.25) is 0 Å². The van der Waals surface area contributed by atoms with Gasteiger partial charge in [-0.1, -0.05) is 6.92 Å². The lowest BCUT2D eigenvalue weighted by atomic mass is 10.1. The fraction of sp³-hybridized carbons (Fsp3) is 0.357. The van der Waals surface area contributed by atoms with Gasteiger partial charge in [0.25, 0.3) is 0 Å². The van der Waals surface area contributed by atoms with Crippen LogP contribution in [-0.4, -0.2) is 11.5 Å². The molecule has 1 saturated carbocycles. The molecule has 3 heteroatoms. The normalized spacial score (nSPS) is 17.0. The molecule has 1 fully saturated rings. The third kappa shape index (κ3) is 1.93. The van der Waals surface area contributed by atoms with Crippen molar-refractivity contribution < 1.29 is 0 Å². The summed E-state index contributed by atoms with van der Waals surface area (Å²) < 4.78 is 0. The molecule has 1 aromatic carbocycles. The number of nitrogens with two attached hydrogens (primary N) is 1. The van der Waals surface area contributed by atoms with Crippen molar-refractivity contribution in [3.8, 4) is 0 Å². The Morgan fingerprint density at radius 2 is 2.18 bits per heavy atom. The molecule has 1 aromatic heterocycles. The molecule has 0 radical (unpaired) electrons. The van der Waals surface area contributed by atoms with E-state index in [0.29, 0.717) is 5.41 Å². The Hall–Kier alpha value is -1.77. The third-order valence-corrected chi connectivity index (χ3v) is 3.61. The van der Waals surface area contributed by atoms with Crippen molar-refractivity contribution in [3.63, 3.8) is 0 Å². The topological polar surface area (TPSA) is 50.9 Å². The summed E-state index contributed by atoms with van der Waals surface area (Å²) in [4.78, 5) is 4.34. The van der Waals surface area contributed by atoms with E-state index in [-0.39, 0.29) is 0 Å². The highest BCUT2D eigenvalue weighted by molar-refractivity contribution is 5.98. The number of anilines is 2. The van der Waals surface area contributed by atoms with Crippen LogP contribution in [0.15, 0.2) is 30.5 Å². The Kier molecular flexibility index (Phi) is 2.21. The van der Waals surface area contributed by atoms with Crippen LogP contribution >= 0.6 is 0 Å². The molecule has 1 heterocycles. The summed E-state index contributed by atoms with van der Waals surface area (Å²) in [6, 6.07) is 7.99. The highest BCUT2D eigenvalue weighted by atomic mass is 14.9. The van der Waals surface area contributed by atoms with Gasteiger partial charge in [0.15, 0.2) is 0 Å². The Morgan fingerprint density at radius 3 is 2.94 bits per heavy atom. The van der Waals surface area contributed by atoms with Gasteiger partial charge in [-0.25, -0.2) is 0 Å². The predicted molar refractivity (Wildman–Crippen MR) is 72.0 cm³/mol. The largest absolute Gasteiger partial charge is 0.397 e. The van der Waals surface area contributed by atoms with Gasteiger partial charge in [-0.3, -0.25) is 4.98 Å². The van der Waals surface area contributed by atoms with E-state index >= 15 is 0 Å². The number of fused-ring (bicyclic) bond motifs is 1. The van der Waals surface area contributed by atoms with Crippen molar-refractivity contribution in [2.24, 2.45) is 5.41 Å². The van der Waals surface area contributed by atoms with E-state index in [9.17, 15) is 0 Å². The minimum absolute atomic E-state index is 0.496. The fourth-order valence-electron chi connectivity index (χ4n) is 2.05. The van der Waals surface area contributed by atoms with Crippen molar-refractivity contribution in [2.75, 3.05) is 17.6 Å². The second-order valence-corrected chi connectivity index (χ2v) is 5.27. The summed E-state index contributed by atoms with van der Waals surface area (Å²) in [6.45, 7) is 3.35. The molecule has 1 aliphatic rings. The van der Waals surface area contributed by atoms with E-state index in [1.807, 2.05) is 18.2 Å². The number of nitrogens with zero attached hydrogens (tertiary/aromatic N) is 1. The molecule has 88 valence electrons. The number of pyridine rings is 1. The molecule has 17 heavy (non-hydrogen) atoms. The minimum atomic E-state index is 0.496. The van der Waals surface area contributed by atoms with Crippen LogP contribution in [0.5, 0.6) is 0 Å². The summed E-state index contributed by atoms with van der Waals surface area (Å²) in [5.41, 5.74) is 9.19. The molecule has 3 N–H and O–H groups in total. The first kappa shape index (κ1) is 10.4. The van der Waals surface area contributed by atoms with Gasteiger partial charge in [0.2, 0.25) is 0 Å². The van der Waals surface area contributed by atoms with Gasteiger partial charge in [0.05, 0.1) is 11.2 Å². The molecule has 0 amide bonds. The third-order valence-electron chi connectivity index (χ3n) is 3.61. The van der Waals surface area contributed by atoms with Crippen LogP contribution in [0.3, 0.4) is 0 Å². The number of hydrogen-bond donors (Lipinski definition) is 2. The molecule has 2 aromatic rings. The van der Waals surface area contributed by atoms with E-state index in [4.69, 9.17) is 5.73 Å². The first-order chi connectivity index (χ1) is 8.18. The SMILES string of the molecule is CC1(CNc2ccc(N)c3ncccc23)CC1. The number of rotatable bonds is 3. The molecule has 0 atom stereocenters. The maximum absolute atomic E-state index is 5.93. The summed E-state index contributed by atoms with van der Waals surface area (Å²) in [5.74, 6) is 0. The zero-order valence-corrected chi connectivity index (χ0v) is 10.0. The van der Waals surface area contributed by atoms with Crippen LogP contribution in [0.25, 0.3) is 10.9 Å². The van der Waals surface area contributed by atoms with Gasteiger partial charge in [0, 0.05) is 23.8 Å². The van der Waals surface area contributed by atoms with Crippen molar-refractivity contribution in [3.05, 3.63) is 30.5 Å². The summed E-state index contributed by atoms with van der Waals surface area (Å²) in [6.07, 6.45) is 4.43. The predicted octanol–water partition coefficient (Wildman–Crippen LogP) is 3.03. The van der Waals surface area contributed by atoms with E-state index in [0.717, 1.165) is 28.8 Å². The van der Waals surface area contributed by atoms with Crippen LogP contribution in [-0.2, 0) is 0 Å². The number of hydrogen-bond acceptors (Lipinski definition) is 3. The molecule has 0 unspecified atom stereocenters. The van der Waals surface area contributed by atoms with E-state index in [1.165, 1.54) is 12.8 Å². The lowest BCUT2D eigenvalue weighted by Crippen LogP contribution is -2.12. The molecular weight excluding hydrogens is 210 g/mol. The monoisotopic (exact) mass is 227 g/mol. The molecule has 0 aliphatic heterocycles. The maximum Gasteiger partial charge on any atom is 0.0951 e. The van der Waals surface area contributed by atoms with Gasteiger partial charge in [-0.2, -0.15) is 0 Å². The van der Waals surface area contributed by atoms with Crippen molar-refractivity contribution in [1.29, 1.82) is 0 Å². The molecule has 0 spiro atoms. The Labute approximate surface area is 101 Å². The molecule has 0 bridgehead atoms. The van der Waals surface area contributed by atoms with Crippen molar-refractivity contribution in [1.82, 2.24) is 4.98 Å². The minimum Gasteiger partial charge on any atom is -0.397 e. The van der Waals surface area contributed by atoms with Gasteiger partial charge in [-0.15, -0.1) is 0 Å². The van der Waals surface area contributed by atoms with Gasteiger partial charge in [-0.05, 0) is 42.5 Å². The number of aromatic nitrogens is 1. The number of benzene rings is 1. The first-order valence-electron chi connectivity index (χ1n) is 6.05. The standard InChI is InChI=1S/C14H17N3/c1-14(6-7-14)9-17-12-5-4-11(15)13-10(12)3-2-8-16-13/h2-5,8,17H,6-7,9,15H2,1H3. The Morgan fingerprint density at radius 1 is 1.35 bits per heavy atom. The Bertz CT molecular complexity index is 558. The molecular formula is C14H17N3. The number of nitrogens with one attached hydrogen (secondary N) is 1. The van der Waals surface area contributed by atoms with E-state index < -0.39 is 0 Å². The smallest absolute Gasteiger partial charge is 0.0951 e. The summed E-state index contributed by atoms with van der Waals surface area (Å²) in [5, 5.41) is 4.63. The van der Waals surface area contributed by atoms with Crippen LogP contribution < -0.4 is 11.1 Å². The highest BCUT2D eigenvalue weighted by Gasteiger charge is 2.36. The van der Waals surface area contributed by atoms with Crippen molar-refractivity contribution >= 4 is 22.3 Å². The molecule has 3 nitrogen and oxygen atoms in total. The fourth-order valence-corrected chi connectivity index (χ4v) is 2.05. The summed E-state index contributed by atoms with van der Waals surface area (Å²) >= 11 is 0. The van der Waals surface area contributed by atoms with Crippen LogP contribution in [0.1, 0.15) is 19.8 Å². The zero-order valence-electron chi connectivity index (χ0n) is 10.0. The maximum atomic E-state index is 5.93. The van der Waals surface area contributed by atoms with Gasteiger partial charge >= 0.3 is 0 Å². The Balaban J connectivity index is 1.96. The second-order valence-electron chi connectivity index (χ2n) is 5.27.